The normalized spacial score (nSPS) is 20.6. The van der Waals surface area contributed by atoms with E-state index in [-0.39, 0.29) is 0 Å². The fraction of sp³-hybridized carbons (Fsp3) is 0.500. The van der Waals surface area contributed by atoms with Gasteiger partial charge in [-0.1, -0.05) is 56.7 Å². The molecule has 0 heterocycles. The van der Waals surface area contributed by atoms with Gasteiger partial charge in [0, 0.05) is 0 Å². The molecule has 0 aromatic heterocycles. The topological polar surface area (TPSA) is 9.23 Å². The zero-order valence-corrected chi connectivity index (χ0v) is 15.8. The van der Waals surface area contributed by atoms with Crippen LogP contribution in [0.1, 0.15) is 64.4 Å². The Hall–Kier alpha value is -1.94. The highest BCUT2D eigenvalue weighted by Gasteiger charge is 2.18. The Kier molecular flexibility index (Phi) is 8.98. The van der Waals surface area contributed by atoms with Crippen LogP contribution in [0.25, 0.3) is 6.08 Å². The van der Waals surface area contributed by atoms with Crippen LogP contribution in [0.15, 0.2) is 42.5 Å². The van der Waals surface area contributed by atoms with E-state index in [9.17, 15) is 0 Å². The molecule has 0 spiro atoms. The molecular weight excluding hydrogens is 304 g/mol. The first-order valence-electron chi connectivity index (χ1n) is 9.89. The summed E-state index contributed by atoms with van der Waals surface area (Å²) < 4.78 is 5.58. The number of allylic oxidation sites excluding steroid dienone is 3. The Morgan fingerprint density at radius 1 is 0.960 bits per heavy atom. The Morgan fingerprint density at radius 3 is 2.36 bits per heavy atom. The van der Waals surface area contributed by atoms with Crippen LogP contribution in [0.5, 0.6) is 5.75 Å². The number of hydrogen-bond donors (Lipinski definition) is 0. The van der Waals surface area contributed by atoms with Crippen molar-refractivity contribution in [1.29, 1.82) is 0 Å². The summed E-state index contributed by atoms with van der Waals surface area (Å²) in [5, 5.41) is 0. The van der Waals surface area contributed by atoms with Crippen LogP contribution in [0.3, 0.4) is 0 Å². The molecule has 0 unspecified atom stereocenters. The van der Waals surface area contributed by atoms with Crippen LogP contribution in [0, 0.1) is 23.7 Å². The minimum Gasteiger partial charge on any atom is -0.494 e. The SMILES string of the molecule is CCCOc1ccc(C=CC#CC=C[C@H]2CC[C@H](CCC)CC2)cc1. The first-order valence-corrected chi connectivity index (χ1v) is 9.89. The molecule has 1 nitrogen and oxygen atoms in total. The molecule has 1 heteroatoms. The third-order valence-electron chi connectivity index (χ3n) is 4.84. The molecule has 0 saturated heterocycles. The standard InChI is InChI=1S/C24H32O/c1-3-9-21-12-14-22(15-13-21)10-7-5-6-8-11-23-16-18-24(19-17-23)25-20-4-2/h7-8,10-11,16-19,21-22H,3-4,9,12-15,20H2,1-2H3/t21-,22-. The number of hydrogen-bond acceptors (Lipinski definition) is 1. The summed E-state index contributed by atoms with van der Waals surface area (Å²) in [6.07, 6.45) is 17.6. The van der Waals surface area contributed by atoms with Crippen LogP contribution < -0.4 is 4.74 Å². The second-order valence-corrected chi connectivity index (χ2v) is 6.97. The summed E-state index contributed by atoms with van der Waals surface area (Å²) >= 11 is 0. The first-order chi connectivity index (χ1) is 12.3. The van der Waals surface area contributed by atoms with Crippen molar-refractivity contribution in [2.45, 2.75) is 58.8 Å². The Bertz CT molecular complexity index is 589. The Morgan fingerprint density at radius 2 is 1.68 bits per heavy atom. The van der Waals surface area contributed by atoms with Crippen molar-refractivity contribution >= 4 is 6.08 Å². The lowest BCUT2D eigenvalue weighted by Crippen LogP contribution is -2.12. The number of ether oxygens (including phenoxy) is 1. The van der Waals surface area contributed by atoms with Gasteiger partial charge in [0.05, 0.1) is 6.61 Å². The number of rotatable bonds is 7. The maximum atomic E-state index is 5.58. The summed E-state index contributed by atoms with van der Waals surface area (Å²) in [4.78, 5) is 0. The molecule has 1 aromatic rings. The molecule has 0 bridgehead atoms. The summed E-state index contributed by atoms with van der Waals surface area (Å²) in [6, 6.07) is 8.15. The lowest BCUT2D eigenvalue weighted by Gasteiger charge is -2.26. The van der Waals surface area contributed by atoms with Gasteiger partial charge in [0.1, 0.15) is 5.75 Å². The Balaban J connectivity index is 1.72. The van der Waals surface area contributed by atoms with E-state index in [4.69, 9.17) is 4.74 Å². The molecule has 0 aliphatic heterocycles. The van der Waals surface area contributed by atoms with Crippen molar-refractivity contribution < 1.29 is 4.74 Å². The maximum absolute atomic E-state index is 5.58. The number of benzene rings is 1. The molecular formula is C24H32O. The van der Waals surface area contributed by atoms with Crippen LogP contribution >= 0.6 is 0 Å². The van der Waals surface area contributed by atoms with E-state index in [0.29, 0.717) is 0 Å². The van der Waals surface area contributed by atoms with E-state index >= 15 is 0 Å². The van der Waals surface area contributed by atoms with Crippen molar-refractivity contribution in [2.24, 2.45) is 11.8 Å². The van der Waals surface area contributed by atoms with E-state index in [1.165, 1.54) is 38.5 Å². The molecule has 1 fully saturated rings. The van der Waals surface area contributed by atoms with Gasteiger partial charge in [-0.15, -0.1) is 0 Å². The largest absolute Gasteiger partial charge is 0.494 e. The molecule has 1 aliphatic carbocycles. The Labute approximate surface area is 154 Å². The van der Waals surface area contributed by atoms with Crippen LogP contribution in [-0.2, 0) is 0 Å². The van der Waals surface area contributed by atoms with Gasteiger partial charge in [-0.3, -0.25) is 0 Å². The fourth-order valence-corrected chi connectivity index (χ4v) is 3.39. The summed E-state index contributed by atoms with van der Waals surface area (Å²) in [5.41, 5.74) is 1.15. The highest BCUT2D eigenvalue weighted by molar-refractivity contribution is 5.54. The second-order valence-electron chi connectivity index (χ2n) is 6.97. The summed E-state index contributed by atoms with van der Waals surface area (Å²) in [5.74, 6) is 8.88. The highest BCUT2D eigenvalue weighted by atomic mass is 16.5. The lowest BCUT2D eigenvalue weighted by atomic mass is 9.80. The molecule has 1 aromatic carbocycles. The summed E-state index contributed by atoms with van der Waals surface area (Å²) in [6.45, 7) is 5.18. The second kappa shape index (κ2) is 11.6. The van der Waals surface area contributed by atoms with Gasteiger partial charge in [-0.2, -0.15) is 0 Å². The third-order valence-corrected chi connectivity index (χ3v) is 4.84. The minimum atomic E-state index is 0.738. The van der Waals surface area contributed by atoms with Crippen molar-refractivity contribution in [3.8, 4) is 17.6 Å². The van der Waals surface area contributed by atoms with E-state index in [0.717, 1.165) is 36.2 Å². The van der Waals surface area contributed by atoms with Gasteiger partial charge in [-0.25, -0.2) is 0 Å². The molecule has 134 valence electrons. The van der Waals surface area contributed by atoms with Crippen molar-refractivity contribution in [1.82, 2.24) is 0 Å². The van der Waals surface area contributed by atoms with Gasteiger partial charge >= 0.3 is 0 Å². The molecule has 1 saturated carbocycles. The highest BCUT2D eigenvalue weighted by Crippen LogP contribution is 2.31. The fourth-order valence-electron chi connectivity index (χ4n) is 3.39. The minimum absolute atomic E-state index is 0.738. The van der Waals surface area contributed by atoms with Crippen LogP contribution in [0.2, 0.25) is 0 Å². The van der Waals surface area contributed by atoms with E-state index < -0.39 is 0 Å². The van der Waals surface area contributed by atoms with Crippen molar-refractivity contribution in [3.63, 3.8) is 0 Å². The van der Waals surface area contributed by atoms with E-state index in [1.807, 2.05) is 30.4 Å². The zero-order valence-electron chi connectivity index (χ0n) is 15.8. The molecule has 25 heavy (non-hydrogen) atoms. The first kappa shape index (κ1) is 19.4. The smallest absolute Gasteiger partial charge is 0.119 e. The van der Waals surface area contributed by atoms with Gasteiger partial charge in [-0.05, 0) is 79.9 Å². The molecule has 0 N–H and O–H groups in total. The van der Waals surface area contributed by atoms with Gasteiger partial charge in [0.25, 0.3) is 0 Å². The van der Waals surface area contributed by atoms with Gasteiger partial charge < -0.3 is 4.74 Å². The summed E-state index contributed by atoms with van der Waals surface area (Å²) in [7, 11) is 0. The maximum Gasteiger partial charge on any atom is 0.119 e. The third kappa shape index (κ3) is 7.65. The molecule has 0 amide bonds. The van der Waals surface area contributed by atoms with Gasteiger partial charge in [0.15, 0.2) is 0 Å². The molecule has 2 rings (SSSR count). The van der Waals surface area contributed by atoms with Crippen LogP contribution in [0.4, 0.5) is 0 Å². The van der Waals surface area contributed by atoms with E-state index in [1.54, 1.807) is 0 Å². The molecule has 0 radical (unpaired) electrons. The monoisotopic (exact) mass is 336 g/mol. The van der Waals surface area contributed by atoms with Crippen molar-refractivity contribution in [3.05, 3.63) is 48.1 Å². The predicted molar refractivity (Wildman–Crippen MR) is 109 cm³/mol. The average Bonchev–Trinajstić information content (AvgIpc) is 2.65. The lowest BCUT2D eigenvalue weighted by molar-refractivity contribution is 0.294. The predicted octanol–water partition coefficient (Wildman–Crippen LogP) is 6.65. The van der Waals surface area contributed by atoms with E-state index in [2.05, 4.69) is 43.9 Å². The van der Waals surface area contributed by atoms with Gasteiger partial charge in [0.2, 0.25) is 0 Å². The quantitative estimate of drug-likeness (QED) is 0.506. The zero-order chi connectivity index (χ0) is 17.7. The van der Waals surface area contributed by atoms with Crippen LogP contribution in [-0.4, -0.2) is 6.61 Å². The molecule has 0 atom stereocenters. The van der Waals surface area contributed by atoms with Crippen molar-refractivity contribution in [2.75, 3.05) is 6.61 Å². The molecule has 1 aliphatic rings. The average molecular weight is 337 g/mol.